The Balaban J connectivity index is 1.25. The smallest absolute Gasteiger partial charge is 0.315 e. The normalized spacial score (nSPS) is 22.7. The zero-order chi connectivity index (χ0) is 15.8. The van der Waals surface area contributed by atoms with E-state index in [9.17, 15) is 4.79 Å². The number of nitrogens with zero attached hydrogens (tertiary/aromatic N) is 2. The zero-order valence-electron chi connectivity index (χ0n) is 12.5. The van der Waals surface area contributed by atoms with E-state index in [-0.39, 0.29) is 18.6 Å². The van der Waals surface area contributed by atoms with Gasteiger partial charge in [0.2, 0.25) is 5.89 Å². The number of hydrogen-bond acceptors (Lipinski definition) is 4. The van der Waals surface area contributed by atoms with Gasteiger partial charge in [0, 0.05) is 22.9 Å². The molecule has 2 aromatic rings. The first kappa shape index (κ1) is 14.5. The monoisotopic (exact) mass is 332 g/mol. The van der Waals surface area contributed by atoms with Gasteiger partial charge in [0.25, 0.3) is 0 Å². The van der Waals surface area contributed by atoms with Gasteiger partial charge in [-0.3, -0.25) is 0 Å². The van der Waals surface area contributed by atoms with Gasteiger partial charge in [0.05, 0.1) is 6.54 Å². The molecule has 0 saturated heterocycles. The summed E-state index contributed by atoms with van der Waals surface area (Å²) in [5.41, 5.74) is 1.09. The molecule has 1 aromatic heterocycles. The fraction of sp³-hybridized carbons (Fsp3) is 0.438. The molecule has 1 aromatic carbocycles. The maximum absolute atomic E-state index is 11.9. The second-order valence-corrected chi connectivity index (χ2v) is 6.53. The summed E-state index contributed by atoms with van der Waals surface area (Å²) in [5.74, 6) is 1.94. The molecule has 0 unspecified atom stereocenters. The minimum Gasteiger partial charge on any atom is -0.337 e. The number of carbonyl (C=O) groups excluding carboxylic acids is 1. The van der Waals surface area contributed by atoms with Gasteiger partial charge in [-0.2, -0.15) is 4.98 Å². The quantitative estimate of drug-likeness (QED) is 0.882. The van der Waals surface area contributed by atoms with Gasteiger partial charge < -0.3 is 15.2 Å². The van der Waals surface area contributed by atoms with Gasteiger partial charge in [-0.15, -0.1) is 0 Å². The average molecular weight is 333 g/mol. The van der Waals surface area contributed by atoms with Crippen molar-refractivity contribution in [2.75, 3.05) is 0 Å². The highest BCUT2D eigenvalue weighted by Gasteiger charge is 2.40. The Bertz CT molecular complexity index is 728. The number of aromatic nitrogens is 2. The number of benzene rings is 1. The second-order valence-electron chi connectivity index (χ2n) is 6.12. The summed E-state index contributed by atoms with van der Waals surface area (Å²) in [6, 6.07) is 7.65. The molecule has 2 saturated carbocycles. The second kappa shape index (κ2) is 5.85. The SMILES string of the molecule is O=C(NCc1nc(C2CC2)no1)N[C@H]1C[C@@H]1c1ccccc1Cl. The van der Waals surface area contributed by atoms with E-state index in [2.05, 4.69) is 20.8 Å². The maximum atomic E-state index is 11.9. The van der Waals surface area contributed by atoms with E-state index >= 15 is 0 Å². The molecule has 2 atom stereocenters. The van der Waals surface area contributed by atoms with Crippen LogP contribution in [0.4, 0.5) is 4.79 Å². The molecule has 0 aliphatic heterocycles. The van der Waals surface area contributed by atoms with Crippen LogP contribution in [0.15, 0.2) is 28.8 Å². The first-order valence-electron chi connectivity index (χ1n) is 7.82. The lowest BCUT2D eigenvalue weighted by Crippen LogP contribution is -2.37. The lowest BCUT2D eigenvalue weighted by Gasteiger charge is -2.06. The van der Waals surface area contributed by atoms with Gasteiger partial charge in [-0.1, -0.05) is 35.0 Å². The molecule has 2 N–H and O–H groups in total. The maximum Gasteiger partial charge on any atom is 0.315 e. The van der Waals surface area contributed by atoms with Crippen molar-refractivity contribution in [2.24, 2.45) is 0 Å². The zero-order valence-corrected chi connectivity index (χ0v) is 13.2. The molecule has 0 radical (unpaired) electrons. The molecule has 7 heteroatoms. The number of rotatable bonds is 5. The van der Waals surface area contributed by atoms with Crippen molar-refractivity contribution in [3.63, 3.8) is 0 Å². The highest BCUT2D eigenvalue weighted by Crippen LogP contribution is 2.43. The Morgan fingerprint density at radius 1 is 1.35 bits per heavy atom. The predicted molar refractivity (Wildman–Crippen MR) is 84.2 cm³/mol. The fourth-order valence-electron chi connectivity index (χ4n) is 2.70. The molecule has 2 amide bonds. The van der Waals surface area contributed by atoms with Crippen LogP contribution < -0.4 is 10.6 Å². The Morgan fingerprint density at radius 2 is 2.17 bits per heavy atom. The number of hydrogen-bond donors (Lipinski definition) is 2. The van der Waals surface area contributed by atoms with Crippen molar-refractivity contribution in [1.29, 1.82) is 0 Å². The number of amides is 2. The van der Waals surface area contributed by atoms with Crippen molar-refractivity contribution in [2.45, 2.75) is 43.7 Å². The summed E-state index contributed by atoms with van der Waals surface area (Å²) in [6.07, 6.45) is 3.15. The van der Waals surface area contributed by atoms with Crippen LogP contribution in [0.3, 0.4) is 0 Å². The van der Waals surface area contributed by atoms with Crippen molar-refractivity contribution in [1.82, 2.24) is 20.8 Å². The van der Waals surface area contributed by atoms with E-state index in [0.29, 0.717) is 17.7 Å². The molecule has 23 heavy (non-hydrogen) atoms. The predicted octanol–water partition coefficient (Wildman–Crippen LogP) is 2.96. The minimum absolute atomic E-state index is 0.125. The largest absolute Gasteiger partial charge is 0.337 e. The number of halogens is 1. The van der Waals surface area contributed by atoms with E-state index < -0.39 is 0 Å². The molecule has 2 aliphatic rings. The van der Waals surface area contributed by atoms with Gasteiger partial charge in [0.1, 0.15) is 0 Å². The van der Waals surface area contributed by atoms with Crippen LogP contribution >= 0.6 is 11.6 Å². The Morgan fingerprint density at radius 3 is 2.96 bits per heavy atom. The van der Waals surface area contributed by atoms with Crippen molar-refractivity contribution in [3.05, 3.63) is 46.6 Å². The summed E-state index contributed by atoms with van der Waals surface area (Å²) < 4.78 is 5.12. The third-order valence-electron chi connectivity index (χ3n) is 4.24. The van der Waals surface area contributed by atoms with Crippen molar-refractivity contribution in [3.8, 4) is 0 Å². The number of urea groups is 1. The van der Waals surface area contributed by atoms with Crippen LogP contribution in [0.2, 0.25) is 5.02 Å². The molecule has 2 aliphatic carbocycles. The molecular formula is C16H17ClN4O2. The summed E-state index contributed by atoms with van der Waals surface area (Å²) in [4.78, 5) is 16.2. The molecule has 1 heterocycles. The average Bonchev–Trinajstić information content (AvgIpc) is 3.46. The highest BCUT2D eigenvalue weighted by atomic mass is 35.5. The molecule has 0 bridgehead atoms. The van der Waals surface area contributed by atoms with Crippen molar-refractivity contribution >= 4 is 17.6 Å². The lowest BCUT2D eigenvalue weighted by molar-refractivity contribution is 0.238. The Hall–Kier alpha value is -2.08. The summed E-state index contributed by atoms with van der Waals surface area (Å²) >= 11 is 6.18. The molecule has 6 nitrogen and oxygen atoms in total. The molecule has 2 fully saturated rings. The van der Waals surface area contributed by atoms with Crippen LogP contribution in [0.5, 0.6) is 0 Å². The van der Waals surface area contributed by atoms with Gasteiger partial charge in [0.15, 0.2) is 5.82 Å². The van der Waals surface area contributed by atoms with Crippen molar-refractivity contribution < 1.29 is 9.32 Å². The highest BCUT2D eigenvalue weighted by molar-refractivity contribution is 6.31. The standard InChI is InChI=1S/C16H17ClN4O2/c17-12-4-2-1-3-10(12)11-7-13(11)19-16(22)18-8-14-20-15(21-23-14)9-5-6-9/h1-4,9,11,13H,5-8H2,(H2,18,19,22)/t11-,13+/m1/s1. The molecule has 120 valence electrons. The number of carbonyl (C=O) groups is 1. The van der Waals surface area contributed by atoms with E-state index in [1.807, 2.05) is 24.3 Å². The first-order chi connectivity index (χ1) is 11.2. The van der Waals surface area contributed by atoms with E-state index in [4.69, 9.17) is 16.1 Å². The van der Waals surface area contributed by atoms with Crippen LogP contribution in [0, 0.1) is 0 Å². The summed E-state index contributed by atoms with van der Waals surface area (Å²) in [7, 11) is 0. The van der Waals surface area contributed by atoms with E-state index in [1.54, 1.807) is 0 Å². The van der Waals surface area contributed by atoms with E-state index in [1.165, 1.54) is 0 Å². The fourth-order valence-corrected chi connectivity index (χ4v) is 2.97. The third-order valence-corrected chi connectivity index (χ3v) is 4.58. The number of nitrogens with one attached hydrogen (secondary N) is 2. The summed E-state index contributed by atoms with van der Waals surface area (Å²) in [6.45, 7) is 0.245. The Kier molecular flexibility index (Phi) is 3.69. The Labute approximate surface area is 138 Å². The lowest BCUT2D eigenvalue weighted by atomic mass is 10.1. The molecule has 0 spiro atoms. The molecular weight excluding hydrogens is 316 g/mol. The van der Waals surface area contributed by atoms with Gasteiger partial charge in [-0.05, 0) is 30.9 Å². The third kappa shape index (κ3) is 3.32. The summed E-state index contributed by atoms with van der Waals surface area (Å²) in [5, 5.41) is 10.4. The first-order valence-corrected chi connectivity index (χ1v) is 8.20. The van der Waals surface area contributed by atoms with E-state index in [0.717, 1.165) is 35.7 Å². The van der Waals surface area contributed by atoms with Crippen LogP contribution in [0.25, 0.3) is 0 Å². The van der Waals surface area contributed by atoms with Gasteiger partial charge in [-0.25, -0.2) is 4.79 Å². The van der Waals surface area contributed by atoms with Crippen LogP contribution in [-0.4, -0.2) is 22.2 Å². The minimum atomic E-state index is -0.226. The molecule has 4 rings (SSSR count). The topological polar surface area (TPSA) is 80.1 Å². The van der Waals surface area contributed by atoms with Crippen LogP contribution in [0.1, 0.15) is 48.4 Å². The van der Waals surface area contributed by atoms with Crippen LogP contribution in [-0.2, 0) is 6.54 Å². The van der Waals surface area contributed by atoms with Gasteiger partial charge >= 0.3 is 6.03 Å².